The number of benzene rings is 1. The number of aromatic nitrogens is 1. The maximum Gasteiger partial charge on any atom is 0.0706 e. The number of pyridine rings is 1. The van der Waals surface area contributed by atoms with Crippen LogP contribution in [0.4, 0.5) is 0 Å². The largest absolute Gasteiger partial charge is 0.395 e. The third kappa shape index (κ3) is 2.36. The van der Waals surface area contributed by atoms with Gasteiger partial charge in [-0.25, -0.2) is 0 Å². The molecule has 1 N–H and O–H groups in total. The lowest BCUT2D eigenvalue weighted by molar-refractivity contribution is 0.163. The highest BCUT2D eigenvalue weighted by molar-refractivity contribution is 5.78. The summed E-state index contributed by atoms with van der Waals surface area (Å²) in [7, 11) is 0. The second-order valence-electron chi connectivity index (χ2n) is 5.64. The summed E-state index contributed by atoms with van der Waals surface area (Å²) in [4.78, 5) is 7.08. The molecule has 3 rings (SSSR count). The average Bonchev–Trinajstić information content (AvgIpc) is 3.19. The first kappa shape index (κ1) is 12.6. The molecule has 3 heteroatoms. The molecule has 1 fully saturated rings. The predicted octanol–water partition coefficient (Wildman–Crippen LogP) is 2.61. The molecule has 1 aliphatic heterocycles. The number of hydrogen-bond donors (Lipinski definition) is 1. The van der Waals surface area contributed by atoms with E-state index in [-0.39, 0.29) is 12.6 Å². The van der Waals surface area contributed by atoms with Crippen molar-refractivity contribution in [1.82, 2.24) is 9.88 Å². The van der Waals surface area contributed by atoms with E-state index in [0.29, 0.717) is 12.0 Å². The zero-order valence-electron chi connectivity index (χ0n) is 11.5. The van der Waals surface area contributed by atoms with Gasteiger partial charge in [0, 0.05) is 18.0 Å². The Bertz CT molecular complexity index is 582. The van der Waals surface area contributed by atoms with E-state index in [1.807, 2.05) is 12.1 Å². The van der Waals surface area contributed by atoms with Crippen LogP contribution >= 0.6 is 0 Å². The van der Waals surface area contributed by atoms with Crippen LogP contribution in [-0.2, 0) is 0 Å². The molecule has 2 aromatic rings. The zero-order chi connectivity index (χ0) is 13.4. The maximum atomic E-state index is 9.48. The fourth-order valence-electron chi connectivity index (χ4n) is 2.75. The molecule has 0 radical (unpaired) electrons. The molecular weight excluding hydrogens is 236 g/mol. The van der Waals surface area contributed by atoms with Gasteiger partial charge in [-0.05, 0) is 18.1 Å². The molecule has 3 nitrogen and oxygen atoms in total. The number of para-hydroxylation sites is 1. The fraction of sp³-hybridized carbons (Fsp3) is 0.438. The molecule has 1 aromatic heterocycles. The lowest BCUT2D eigenvalue weighted by Gasteiger charge is -2.20. The molecule has 1 aromatic carbocycles. The molecule has 0 spiro atoms. The summed E-state index contributed by atoms with van der Waals surface area (Å²) in [5, 5.41) is 10.7. The van der Waals surface area contributed by atoms with Crippen LogP contribution in [0.5, 0.6) is 0 Å². The van der Waals surface area contributed by atoms with Crippen LogP contribution in [0.1, 0.15) is 25.6 Å². The molecule has 2 heterocycles. The smallest absolute Gasteiger partial charge is 0.0706 e. The van der Waals surface area contributed by atoms with Crippen molar-refractivity contribution < 1.29 is 5.11 Å². The standard InChI is InChI=1S/C16H20N2O/c1-11(2)16(10-19)18-9-15(18)14-8-7-12-5-3-4-6-13(12)17-14/h3-8,11,15-16,19H,9-10H2,1-2H3/t15-,16+,18?/m0/s1. The van der Waals surface area contributed by atoms with Gasteiger partial charge in [-0.2, -0.15) is 0 Å². The highest BCUT2D eigenvalue weighted by atomic mass is 16.3. The van der Waals surface area contributed by atoms with Crippen LogP contribution in [0.25, 0.3) is 10.9 Å². The van der Waals surface area contributed by atoms with Crippen molar-refractivity contribution in [2.45, 2.75) is 25.9 Å². The van der Waals surface area contributed by atoms with Crippen LogP contribution in [0.2, 0.25) is 0 Å². The summed E-state index contributed by atoms with van der Waals surface area (Å²) in [6, 6.07) is 13.1. The molecular formula is C16H20N2O. The second-order valence-corrected chi connectivity index (χ2v) is 5.64. The normalized spacial score (nSPS) is 23.8. The average molecular weight is 256 g/mol. The Morgan fingerprint density at radius 3 is 2.79 bits per heavy atom. The Hall–Kier alpha value is -1.45. The first-order chi connectivity index (χ1) is 9.20. The second kappa shape index (κ2) is 4.91. The van der Waals surface area contributed by atoms with Crippen LogP contribution in [0.15, 0.2) is 36.4 Å². The van der Waals surface area contributed by atoms with Gasteiger partial charge in [-0.3, -0.25) is 9.88 Å². The van der Waals surface area contributed by atoms with E-state index >= 15 is 0 Å². The van der Waals surface area contributed by atoms with E-state index in [4.69, 9.17) is 4.98 Å². The minimum atomic E-state index is 0.224. The van der Waals surface area contributed by atoms with Crippen molar-refractivity contribution in [3.63, 3.8) is 0 Å². The van der Waals surface area contributed by atoms with Gasteiger partial charge < -0.3 is 5.11 Å². The number of hydrogen-bond acceptors (Lipinski definition) is 3. The van der Waals surface area contributed by atoms with Gasteiger partial charge in [-0.1, -0.05) is 38.1 Å². The van der Waals surface area contributed by atoms with Crippen LogP contribution in [0.3, 0.4) is 0 Å². The van der Waals surface area contributed by atoms with Crippen molar-refractivity contribution in [2.24, 2.45) is 5.92 Å². The van der Waals surface area contributed by atoms with Crippen molar-refractivity contribution >= 4 is 10.9 Å². The van der Waals surface area contributed by atoms with Crippen molar-refractivity contribution in [3.05, 3.63) is 42.1 Å². The van der Waals surface area contributed by atoms with Crippen LogP contribution in [-0.4, -0.2) is 34.2 Å². The van der Waals surface area contributed by atoms with Gasteiger partial charge in [0.15, 0.2) is 0 Å². The molecule has 3 atom stereocenters. The summed E-state index contributed by atoms with van der Waals surface area (Å²) in [5.74, 6) is 0.468. The Kier molecular flexibility index (Phi) is 3.25. The van der Waals surface area contributed by atoms with E-state index < -0.39 is 0 Å². The monoisotopic (exact) mass is 256 g/mol. The number of nitrogens with zero attached hydrogens (tertiary/aromatic N) is 2. The molecule has 1 unspecified atom stereocenters. The molecule has 1 saturated heterocycles. The topological polar surface area (TPSA) is 36.1 Å². The molecule has 0 amide bonds. The Morgan fingerprint density at radius 2 is 2.05 bits per heavy atom. The maximum absolute atomic E-state index is 9.48. The highest BCUT2D eigenvalue weighted by Crippen LogP contribution is 2.38. The Balaban J connectivity index is 1.83. The summed E-state index contributed by atoms with van der Waals surface area (Å²) >= 11 is 0. The summed E-state index contributed by atoms with van der Waals surface area (Å²) in [6.07, 6.45) is 0. The van der Waals surface area contributed by atoms with Gasteiger partial charge >= 0.3 is 0 Å². The van der Waals surface area contributed by atoms with Gasteiger partial charge in [0.25, 0.3) is 0 Å². The quantitative estimate of drug-likeness (QED) is 0.854. The number of aliphatic hydroxyl groups is 1. The zero-order valence-corrected chi connectivity index (χ0v) is 11.5. The number of rotatable bonds is 4. The SMILES string of the molecule is CC(C)[C@@H](CO)N1C[C@H]1c1ccc2ccccc2n1. The molecule has 19 heavy (non-hydrogen) atoms. The first-order valence-corrected chi connectivity index (χ1v) is 6.93. The van der Waals surface area contributed by atoms with Gasteiger partial charge in [0.1, 0.15) is 0 Å². The number of fused-ring (bicyclic) bond motifs is 1. The highest BCUT2D eigenvalue weighted by Gasteiger charge is 2.42. The van der Waals surface area contributed by atoms with E-state index in [1.165, 1.54) is 5.39 Å². The van der Waals surface area contributed by atoms with E-state index in [1.54, 1.807) is 0 Å². The van der Waals surface area contributed by atoms with E-state index in [0.717, 1.165) is 17.8 Å². The molecule has 100 valence electrons. The third-order valence-corrected chi connectivity index (χ3v) is 3.99. The minimum Gasteiger partial charge on any atom is -0.395 e. The van der Waals surface area contributed by atoms with Gasteiger partial charge in [-0.15, -0.1) is 0 Å². The van der Waals surface area contributed by atoms with E-state index in [9.17, 15) is 5.11 Å². The van der Waals surface area contributed by atoms with Crippen LogP contribution in [0, 0.1) is 5.92 Å². The van der Waals surface area contributed by atoms with E-state index in [2.05, 4.69) is 43.0 Å². The van der Waals surface area contributed by atoms with Gasteiger partial charge in [0.05, 0.1) is 23.9 Å². The molecule has 0 bridgehead atoms. The minimum absolute atomic E-state index is 0.224. The summed E-state index contributed by atoms with van der Waals surface area (Å²) < 4.78 is 0. The number of aliphatic hydroxyl groups excluding tert-OH is 1. The van der Waals surface area contributed by atoms with Crippen LogP contribution < -0.4 is 0 Å². The van der Waals surface area contributed by atoms with Crippen molar-refractivity contribution in [1.29, 1.82) is 0 Å². The Morgan fingerprint density at radius 1 is 1.26 bits per heavy atom. The lowest BCUT2D eigenvalue weighted by Crippen LogP contribution is -2.29. The first-order valence-electron chi connectivity index (χ1n) is 6.93. The molecule has 0 saturated carbocycles. The van der Waals surface area contributed by atoms with Crippen molar-refractivity contribution in [3.8, 4) is 0 Å². The Labute approximate surface area is 113 Å². The third-order valence-electron chi connectivity index (χ3n) is 3.99. The fourth-order valence-corrected chi connectivity index (χ4v) is 2.75. The molecule has 1 aliphatic rings. The summed E-state index contributed by atoms with van der Waals surface area (Å²) in [5.41, 5.74) is 2.18. The predicted molar refractivity (Wildman–Crippen MR) is 76.9 cm³/mol. The van der Waals surface area contributed by atoms with Gasteiger partial charge in [0.2, 0.25) is 0 Å². The van der Waals surface area contributed by atoms with Crippen molar-refractivity contribution in [2.75, 3.05) is 13.2 Å². The summed E-state index contributed by atoms with van der Waals surface area (Å²) in [6.45, 7) is 5.55. The lowest BCUT2D eigenvalue weighted by atomic mass is 10.1. The molecule has 0 aliphatic carbocycles.